The van der Waals surface area contributed by atoms with Crippen LogP contribution in [0, 0.1) is 11.3 Å². The molecule has 6 nitrogen and oxygen atoms in total. The number of H-pyrrole nitrogens is 1. The van der Waals surface area contributed by atoms with E-state index in [1.54, 1.807) is 4.68 Å². The molecule has 0 saturated heterocycles. The van der Waals surface area contributed by atoms with Crippen molar-refractivity contribution in [2.75, 3.05) is 5.73 Å². The summed E-state index contributed by atoms with van der Waals surface area (Å²) >= 11 is 0. The number of aromatic amines is 1. The van der Waals surface area contributed by atoms with Crippen molar-refractivity contribution in [2.24, 2.45) is 0 Å². The first-order chi connectivity index (χ1) is 7.27. The highest BCUT2D eigenvalue weighted by Gasteiger charge is 2.14. The standard InChI is InChI=1S/C9H12N6/c1-2-6-7-8(11)12-13-9(7)15(14-6)5-3-4-10/h2-3,5H2,1H3,(H3,11,12,13). The highest BCUT2D eigenvalue weighted by molar-refractivity contribution is 5.88. The number of nitrogen functional groups attached to an aromatic ring is 1. The molecule has 0 atom stereocenters. The van der Waals surface area contributed by atoms with Gasteiger partial charge in [0.25, 0.3) is 0 Å². The number of nitriles is 1. The molecule has 2 aromatic rings. The van der Waals surface area contributed by atoms with Gasteiger partial charge in [0.2, 0.25) is 0 Å². The molecule has 15 heavy (non-hydrogen) atoms. The van der Waals surface area contributed by atoms with Crippen molar-refractivity contribution in [2.45, 2.75) is 26.3 Å². The molecule has 0 saturated carbocycles. The predicted octanol–water partition coefficient (Wildman–Crippen LogP) is 0.818. The fourth-order valence-corrected chi connectivity index (χ4v) is 1.62. The summed E-state index contributed by atoms with van der Waals surface area (Å²) in [6, 6.07) is 2.08. The molecule has 6 heteroatoms. The van der Waals surface area contributed by atoms with E-state index in [-0.39, 0.29) is 0 Å². The molecule has 0 unspecified atom stereocenters. The van der Waals surface area contributed by atoms with Crippen molar-refractivity contribution in [3.05, 3.63) is 5.69 Å². The Labute approximate surface area is 86.7 Å². The molecule has 2 aromatic heterocycles. The van der Waals surface area contributed by atoms with Gasteiger partial charge in [-0.05, 0) is 6.42 Å². The minimum Gasteiger partial charge on any atom is -0.383 e. The first-order valence-electron chi connectivity index (χ1n) is 4.84. The number of nitrogens with two attached hydrogens (primary N) is 1. The number of fused-ring (bicyclic) bond motifs is 1. The average Bonchev–Trinajstić information content (AvgIpc) is 2.77. The number of hydrogen-bond donors (Lipinski definition) is 2. The molecule has 0 aliphatic heterocycles. The molecule has 2 rings (SSSR count). The van der Waals surface area contributed by atoms with Gasteiger partial charge in [-0.2, -0.15) is 15.5 Å². The minimum atomic E-state index is 0.423. The summed E-state index contributed by atoms with van der Waals surface area (Å²) in [7, 11) is 0. The lowest BCUT2D eigenvalue weighted by Crippen LogP contribution is -2.00. The van der Waals surface area contributed by atoms with Gasteiger partial charge in [0, 0.05) is 0 Å². The van der Waals surface area contributed by atoms with Crippen molar-refractivity contribution in [1.29, 1.82) is 5.26 Å². The number of nitrogens with zero attached hydrogens (tertiary/aromatic N) is 4. The largest absolute Gasteiger partial charge is 0.383 e. The molecule has 0 aromatic carbocycles. The zero-order valence-corrected chi connectivity index (χ0v) is 8.49. The van der Waals surface area contributed by atoms with Crippen LogP contribution in [0.3, 0.4) is 0 Å². The monoisotopic (exact) mass is 204 g/mol. The average molecular weight is 204 g/mol. The Morgan fingerprint density at radius 1 is 1.60 bits per heavy atom. The van der Waals surface area contributed by atoms with E-state index in [0.29, 0.717) is 18.8 Å². The topological polar surface area (TPSA) is 96.3 Å². The summed E-state index contributed by atoms with van der Waals surface area (Å²) in [6.07, 6.45) is 1.23. The maximum absolute atomic E-state index is 8.52. The van der Waals surface area contributed by atoms with Crippen molar-refractivity contribution in [1.82, 2.24) is 20.0 Å². The highest BCUT2D eigenvalue weighted by atomic mass is 15.3. The number of aromatic nitrogens is 4. The van der Waals surface area contributed by atoms with Crippen LogP contribution >= 0.6 is 0 Å². The van der Waals surface area contributed by atoms with Gasteiger partial charge in [-0.15, -0.1) is 0 Å². The Kier molecular flexibility index (Phi) is 2.29. The molecular weight excluding hydrogens is 192 g/mol. The minimum absolute atomic E-state index is 0.423. The molecule has 0 radical (unpaired) electrons. The van der Waals surface area contributed by atoms with Gasteiger partial charge >= 0.3 is 0 Å². The smallest absolute Gasteiger partial charge is 0.182 e. The second kappa shape index (κ2) is 3.61. The van der Waals surface area contributed by atoms with Crippen molar-refractivity contribution in [3.63, 3.8) is 0 Å². The van der Waals surface area contributed by atoms with E-state index in [1.807, 2.05) is 6.92 Å². The maximum Gasteiger partial charge on any atom is 0.182 e. The van der Waals surface area contributed by atoms with Crippen LogP contribution in [0.1, 0.15) is 19.0 Å². The normalized spacial score (nSPS) is 10.7. The number of nitrogens with one attached hydrogen (secondary N) is 1. The summed E-state index contributed by atoms with van der Waals surface area (Å²) in [4.78, 5) is 0. The van der Waals surface area contributed by atoms with Crippen LogP contribution in [0.5, 0.6) is 0 Å². The van der Waals surface area contributed by atoms with Crippen LogP contribution in [-0.4, -0.2) is 20.0 Å². The molecule has 3 N–H and O–H groups in total. The lowest BCUT2D eigenvalue weighted by Gasteiger charge is -1.95. The number of hydrogen-bond acceptors (Lipinski definition) is 4. The molecule has 0 bridgehead atoms. The van der Waals surface area contributed by atoms with E-state index in [2.05, 4.69) is 21.4 Å². The molecule has 0 amide bonds. The van der Waals surface area contributed by atoms with Crippen molar-refractivity contribution < 1.29 is 0 Å². The van der Waals surface area contributed by atoms with Crippen LogP contribution in [0.15, 0.2) is 0 Å². The Morgan fingerprint density at radius 2 is 2.40 bits per heavy atom. The SMILES string of the molecule is CCc1nn(CCC#N)c2n[nH]c(N)c12. The second-order valence-electron chi connectivity index (χ2n) is 3.27. The lowest BCUT2D eigenvalue weighted by molar-refractivity contribution is 0.630. The van der Waals surface area contributed by atoms with Gasteiger partial charge in [-0.1, -0.05) is 6.92 Å². The van der Waals surface area contributed by atoms with Crippen molar-refractivity contribution >= 4 is 16.9 Å². The van der Waals surface area contributed by atoms with Gasteiger partial charge in [0.15, 0.2) is 5.65 Å². The summed E-state index contributed by atoms with van der Waals surface area (Å²) < 4.78 is 1.73. The van der Waals surface area contributed by atoms with E-state index in [9.17, 15) is 0 Å². The third kappa shape index (κ3) is 1.42. The highest BCUT2D eigenvalue weighted by Crippen LogP contribution is 2.22. The molecular formula is C9H12N6. The zero-order chi connectivity index (χ0) is 10.8. The van der Waals surface area contributed by atoms with Crippen molar-refractivity contribution in [3.8, 4) is 6.07 Å². The lowest BCUT2D eigenvalue weighted by atomic mass is 10.2. The summed E-state index contributed by atoms with van der Waals surface area (Å²) in [5.41, 5.74) is 7.42. The molecule has 0 spiro atoms. The van der Waals surface area contributed by atoms with Gasteiger partial charge < -0.3 is 5.73 Å². The Balaban J connectivity index is 2.52. The van der Waals surface area contributed by atoms with Crippen LogP contribution in [0.25, 0.3) is 11.0 Å². The molecule has 0 fully saturated rings. The predicted molar refractivity (Wildman–Crippen MR) is 55.9 cm³/mol. The Hall–Kier alpha value is -2.03. The van der Waals surface area contributed by atoms with Gasteiger partial charge in [0.05, 0.1) is 30.1 Å². The fraction of sp³-hybridized carbons (Fsp3) is 0.444. The molecule has 78 valence electrons. The quantitative estimate of drug-likeness (QED) is 0.773. The molecule has 0 aliphatic rings. The number of anilines is 1. The summed E-state index contributed by atoms with van der Waals surface area (Å²) in [5, 5.41) is 20.6. The van der Waals surface area contributed by atoms with E-state index in [4.69, 9.17) is 11.0 Å². The number of rotatable bonds is 3. The summed E-state index contributed by atoms with van der Waals surface area (Å²) in [6.45, 7) is 2.57. The maximum atomic E-state index is 8.52. The third-order valence-electron chi connectivity index (χ3n) is 2.32. The summed E-state index contributed by atoms with van der Waals surface area (Å²) in [5.74, 6) is 0.546. The van der Waals surface area contributed by atoms with Gasteiger partial charge in [0.1, 0.15) is 5.82 Å². The fourth-order valence-electron chi connectivity index (χ4n) is 1.62. The number of aryl methyl sites for hydroxylation is 2. The van der Waals surface area contributed by atoms with E-state index in [0.717, 1.165) is 23.1 Å². The van der Waals surface area contributed by atoms with E-state index in [1.165, 1.54) is 0 Å². The van der Waals surface area contributed by atoms with Gasteiger partial charge in [-0.3, -0.25) is 5.10 Å². The Morgan fingerprint density at radius 3 is 3.07 bits per heavy atom. The Bertz CT molecular complexity index is 514. The van der Waals surface area contributed by atoms with Crippen LogP contribution in [0.4, 0.5) is 5.82 Å². The van der Waals surface area contributed by atoms with Crippen LogP contribution in [0.2, 0.25) is 0 Å². The van der Waals surface area contributed by atoms with E-state index >= 15 is 0 Å². The molecule has 0 aliphatic carbocycles. The first-order valence-corrected chi connectivity index (χ1v) is 4.84. The molecule has 2 heterocycles. The van der Waals surface area contributed by atoms with Gasteiger partial charge in [-0.25, -0.2) is 4.68 Å². The third-order valence-corrected chi connectivity index (χ3v) is 2.32. The van der Waals surface area contributed by atoms with Crippen LogP contribution < -0.4 is 5.73 Å². The second-order valence-corrected chi connectivity index (χ2v) is 3.27. The first kappa shape index (κ1) is 9.52. The van der Waals surface area contributed by atoms with E-state index < -0.39 is 0 Å². The van der Waals surface area contributed by atoms with Crippen LogP contribution in [-0.2, 0) is 13.0 Å². The zero-order valence-electron chi connectivity index (χ0n) is 8.49.